The first-order valence-corrected chi connectivity index (χ1v) is 10.9. The molecule has 1 aliphatic heterocycles. The molecule has 3 rings (SSSR count). The van der Waals surface area contributed by atoms with Crippen LogP contribution in [-0.2, 0) is 0 Å². The van der Waals surface area contributed by atoms with Gasteiger partial charge in [-0.15, -0.1) is 0 Å². The first-order chi connectivity index (χ1) is 12.1. The van der Waals surface area contributed by atoms with Crippen molar-refractivity contribution in [2.45, 2.75) is 63.2 Å². The fraction of sp³-hybridized carbons (Fsp3) is 0.579. The fourth-order valence-corrected chi connectivity index (χ4v) is 4.98. The molecule has 0 bridgehead atoms. The lowest BCUT2D eigenvalue weighted by Crippen LogP contribution is -2.36. The van der Waals surface area contributed by atoms with Gasteiger partial charge < -0.3 is 5.32 Å². The quantitative estimate of drug-likeness (QED) is 0.626. The van der Waals surface area contributed by atoms with Gasteiger partial charge in [-0.1, -0.05) is 68.5 Å². The second kappa shape index (κ2) is 9.24. The van der Waals surface area contributed by atoms with Gasteiger partial charge in [0.15, 0.2) is 10.3 Å². The summed E-state index contributed by atoms with van der Waals surface area (Å²) in [5, 5.41) is 6.32. The molecule has 25 heavy (non-hydrogen) atoms. The normalized spacial score (nSPS) is 24.2. The minimum absolute atomic E-state index is 0.449. The summed E-state index contributed by atoms with van der Waals surface area (Å²) in [6, 6.07) is 8.12. The highest BCUT2D eigenvalue weighted by Crippen LogP contribution is 2.29. The third kappa shape index (κ3) is 5.60. The van der Waals surface area contributed by atoms with E-state index in [-0.39, 0.29) is 0 Å². The van der Waals surface area contributed by atoms with Crippen LogP contribution in [0.15, 0.2) is 29.3 Å². The van der Waals surface area contributed by atoms with Crippen LogP contribution in [0.4, 0.5) is 5.69 Å². The molecule has 1 saturated heterocycles. The third-order valence-corrected chi connectivity index (χ3v) is 6.31. The largest absolute Gasteiger partial charge is 0.332 e. The minimum Gasteiger partial charge on any atom is -0.332 e. The van der Waals surface area contributed by atoms with Crippen LogP contribution < -0.4 is 5.32 Å². The van der Waals surface area contributed by atoms with Crippen LogP contribution in [0.1, 0.15) is 51.9 Å². The molecular weight excluding hydrogens is 370 g/mol. The van der Waals surface area contributed by atoms with Crippen molar-refractivity contribution in [1.29, 1.82) is 0 Å². The number of hydrogen-bond donors (Lipinski definition) is 1. The summed E-state index contributed by atoms with van der Waals surface area (Å²) in [5.41, 5.74) is 0.923. The molecule has 2 aliphatic rings. The maximum Gasteiger partial charge on any atom is 0.179 e. The van der Waals surface area contributed by atoms with Crippen LogP contribution in [-0.4, -0.2) is 33.0 Å². The van der Waals surface area contributed by atoms with E-state index in [9.17, 15) is 0 Å². The van der Waals surface area contributed by atoms with Crippen LogP contribution in [0.5, 0.6) is 0 Å². The predicted molar refractivity (Wildman–Crippen MR) is 115 cm³/mol. The molecule has 1 saturated carbocycles. The lowest BCUT2D eigenvalue weighted by molar-refractivity contribution is 0.453. The van der Waals surface area contributed by atoms with E-state index in [1.165, 1.54) is 44.9 Å². The summed E-state index contributed by atoms with van der Waals surface area (Å²) in [6.45, 7) is 3.14. The Labute approximate surface area is 165 Å². The molecule has 1 aromatic carbocycles. The second-order valence-electron chi connectivity index (χ2n) is 6.89. The molecule has 0 spiro atoms. The SMILES string of the molecule is CC1CN(C(=S)Nc2cccc(Cl)c2)C(=NC2CCCCCCC2)S1. The summed E-state index contributed by atoms with van der Waals surface area (Å²) in [6.07, 6.45) is 9.10. The molecule has 2 fully saturated rings. The van der Waals surface area contributed by atoms with Gasteiger partial charge >= 0.3 is 0 Å². The first kappa shape index (κ1) is 19.0. The van der Waals surface area contributed by atoms with Crippen molar-refractivity contribution in [3.63, 3.8) is 0 Å². The summed E-state index contributed by atoms with van der Waals surface area (Å²) in [4.78, 5) is 7.26. The topological polar surface area (TPSA) is 27.6 Å². The van der Waals surface area contributed by atoms with Gasteiger partial charge in [-0.3, -0.25) is 9.89 Å². The smallest absolute Gasteiger partial charge is 0.179 e. The second-order valence-corrected chi connectivity index (χ2v) is 9.12. The molecule has 1 aromatic rings. The summed E-state index contributed by atoms with van der Waals surface area (Å²) in [5.74, 6) is 0. The average molecular weight is 396 g/mol. The lowest BCUT2D eigenvalue weighted by Gasteiger charge is -2.22. The molecule has 3 nitrogen and oxygen atoms in total. The van der Waals surface area contributed by atoms with Gasteiger partial charge in [0.05, 0.1) is 6.04 Å². The molecule has 6 heteroatoms. The van der Waals surface area contributed by atoms with Gasteiger partial charge in [-0.25, -0.2) is 0 Å². The molecule has 1 heterocycles. The van der Waals surface area contributed by atoms with Gasteiger partial charge in [0, 0.05) is 22.5 Å². The number of anilines is 1. The maximum atomic E-state index is 6.07. The number of amidine groups is 1. The molecule has 1 atom stereocenters. The monoisotopic (exact) mass is 395 g/mol. The summed E-state index contributed by atoms with van der Waals surface area (Å²) < 4.78 is 0. The van der Waals surface area contributed by atoms with Crippen LogP contribution in [0.25, 0.3) is 0 Å². The number of halogens is 1. The fourth-order valence-electron chi connectivity index (χ4n) is 3.36. The molecular formula is C19H26ClN3S2. The van der Waals surface area contributed by atoms with Gasteiger partial charge in [-0.2, -0.15) is 0 Å². The summed E-state index contributed by atoms with van der Waals surface area (Å²) in [7, 11) is 0. The van der Waals surface area contributed by atoms with E-state index in [1.807, 2.05) is 36.0 Å². The molecule has 136 valence electrons. The predicted octanol–water partition coefficient (Wildman–Crippen LogP) is 5.94. The number of aliphatic imine (C=N–C) groups is 1. The molecule has 1 N–H and O–H groups in total. The third-order valence-electron chi connectivity index (χ3n) is 4.67. The zero-order valence-corrected chi connectivity index (χ0v) is 17.1. The minimum atomic E-state index is 0.449. The molecule has 1 aliphatic carbocycles. The number of nitrogens with zero attached hydrogens (tertiary/aromatic N) is 2. The van der Waals surface area contributed by atoms with Crippen molar-refractivity contribution in [1.82, 2.24) is 4.90 Å². The van der Waals surface area contributed by atoms with Gasteiger partial charge in [0.1, 0.15) is 0 Å². The van der Waals surface area contributed by atoms with Crippen molar-refractivity contribution in [2.75, 3.05) is 11.9 Å². The Balaban J connectivity index is 1.69. The van der Waals surface area contributed by atoms with Crippen LogP contribution in [0, 0.1) is 0 Å². The van der Waals surface area contributed by atoms with Gasteiger partial charge in [-0.05, 0) is 43.3 Å². The Kier molecular flexibility index (Phi) is 7.02. The van der Waals surface area contributed by atoms with Crippen LogP contribution in [0.2, 0.25) is 5.02 Å². The van der Waals surface area contributed by atoms with E-state index in [1.54, 1.807) is 0 Å². The van der Waals surface area contributed by atoms with E-state index in [4.69, 9.17) is 28.8 Å². The summed E-state index contributed by atoms with van der Waals surface area (Å²) >= 11 is 13.6. The van der Waals surface area contributed by atoms with E-state index < -0.39 is 0 Å². The van der Waals surface area contributed by atoms with Crippen molar-refractivity contribution in [3.8, 4) is 0 Å². The average Bonchev–Trinajstić information content (AvgIpc) is 2.90. The van der Waals surface area contributed by atoms with Gasteiger partial charge in [0.2, 0.25) is 0 Å². The zero-order chi connectivity index (χ0) is 17.6. The number of nitrogens with one attached hydrogen (secondary N) is 1. The van der Waals surface area contributed by atoms with Crippen molar-refractivity contribution in [3.05, 3.63) is 29.3 Å². The Morgan fingerprint density at radius 3 is 2.68 bits per heavy atom. The van der Waals surface area contributed by atoms with E-state index in [0.29, 0.717) is 21.4 Å². The number of thioether (sulfide) groups is 1. The Bertz CT molecular complexity index is 627. The number of thiocarbonyl (C=S) groups is 1. The molecule has 0 amide bonds. The van der Waals surface area contributed by atoms with E-state index >= 15 is 0 Å². The standard InChI is InChI=1S/C19H26ClN3S2/c1-14-13-23(18(24)21-17-11-7-8-15(20)12-17)19(25-14)22-16-9-5-3-2-4-6-10-16/h7-8,11-12,14,16H,2-6,9-10,13H2,1H3,(H,21,24). The van der Waals surface area contributed by atoms with Crippen molar-refractivity contribution in [2.24, 2.45) is 4.99 Å². The molecule has 0 radical (unpaired) electrons. The van der Waals surface area contributed by atoms with Crippen molar-refractivity contribution < 1.29 is 0 Å². The molecule has 1 unspecified atom stereocenters. The number of hydrogen-bond acceptors (Lipinski definition) is 3. The Morgan fingerprint density at radius 1 is 1.24 bits per heavy atom. The van der Waals surface area contributed by atoms with Crippen molar-refractivity contribution >= 4 is 51.5 Å². The van der Waals surface area contributed by atoms with E-state index in [2.05, 4.69) is 17.1 Å². The highest BCUT2D eigenvalue weighted by molar-refractivity contribution is 8.14. The highest BCUT2D eigenvalue weighted by atomic mass is 35.5. The first-order valence-electron chi connectivity index (χ1n) is 9.20. The zero-order valence-electron chi connectivity index (χ0n) is 14.7. The lowest BCUT2D eigenvalue weighted by atomic mass is 9.97. The highest BCUT2D eigenvalue weighted by Gasteiger charge is 2.29. The van der Waals surface area contributed by atoms with E-state index in [0.717, 1.165) is 17.4 Å². The van der Waals surface area contributed by atoms with Gasteiger partial charge in [0.25, 0.3) is 0 Å². The van der Waals surface area contributed by atoms with Crippen LogP contribution in [0.3, 0.4) is 0 Å². The maximum absolute atomic E-state index is 6.07. The Morgan fingerprint density at radius 2 is 1.96 bits per heavy atom. The number of benzene rings is 1. The Hall–Kier alpha value is -0.780. The number of rotatable bonds is 2. The molecule has 0 aromatic heterocycles. The van der Waals surface area contributed by atoms with Crippen LogP contribution >= 0.6 is 35.6 Å².